The molecule has 4 rings (SSSR count). The summed E-state index contributed by atoms with van der Waals surface area (Å²) in [5, 5.41) is 7.63. The molecule has 25 heavy (non-hydrogen) atoms. The van der Waals surface area contributed by atoms with Crippen LogP contribution in [-0.4, -0.2) is 39.1 Å². The van der Waals surface area contributed by atoms with Gasteiger partial charge in [-0.2, -0.15) is 5.10 Å². The van der Waals surface area contributed by atoms with E-state index in [1.54, 1.807) is 12.3 Å². The van der Waals surface area contributed by atoms with Crippen molar-refractivity contribution in [3.8, 4) is 11.3 Å². The fourth-order valence-electron chi connectivity index (χ4n) is 3.35. The molecule has 3 heterocycles. The van der Waals surface area contributed by atoms with Crippen molar-refractivity contribution in [1.29, 1.82) is 0 Å². The van der Waals surface area contributed by atoms with Gasteiger partial charge in [-0.3, -0.25) is 14.9 Å². The first-order valence-electron chi connectivity index (χ1n) is 8.62. The number of aromatic amines is 1. The molecule has 1 fully saturated rings. The number of likely N-dealkylation sites (tertiary alicyclic amines) is 1. The number of H-pyrrole nitrogens is 1. The van der Waals surface area contributed by atoms with E-state index in [2.05, 4.69) is 33.4 Å². The van der Waals surface area contributed by atoms with Gasteiger partial charge in [0.05, 0.1) is 5.69 Å². The number of carbonyl (C=O) groups excluding carboxylic acids is 1. The van der Waals surface area contributed by atoms with Crippen LogP contribution >= 0.6 is 0 Å². The van der Waals surface area contributed by atoms with Crippen LogP contribution in [-0.2, 0) is 0 Å². The minimum Gasteiger partial charge on any atom is -0.337 e. The van der Waals surface area contributed by atoms with Crippen LogP contribution in [0.15, 0.2) is 60.8 Å². The third-order valence-corrected chi connectivity index (χ3v) is 4.77. The SMILES string of the molecule is O=C(c1ccccn1)N1CCC(c2cc(-c3ccccc3)n[nH]2)CC1. The highest BCUT2D eigenvalue weighted by Gasteiger charge is 2.26. The number of pyridine rings is 1. The fraction of sp³-hybridized carbons (Fsp3) is 0.250. The summed E-state index contributed by atoms with van der Waals surface area (Å²) in [6, 6.07) is 17.8. The van der Waals surface area contributed by atoms with E-state index >= 15 is 0 Å². The third kappa shape index (κ3) is 3.31. The Balaban J connectivity index is 1.41. The first-order chi connectivity index (χ1) is 12.3. The first kappa shape index (κ1) is 15.6. The Hall–Kier alpha value is -2.95. The number of aromatic nitrogens is 3. The van der Waals surface area contributed by atoms with E-state index in [1.165, 1.54) is 0 Å². The Morgan fingerprint density at radius 1 is 1.04 bits per heavy atom. The van der Waals surface area contributed by atoms with Gasteiger partial charge >= 0.3 is 0 Å². The molecule has 1 amide bonds. The van der Waals surface area contributed by atoms with Crippen LogP contribution in [0.1, 0.15) is 34.9 Å². The van der Waals surface area contributed by atoms with Gasteiger partial charge < -0.3 is 4.90 Å². The van der Waals surface area contributed by atoms with Crippen molar-refractivity contribution in [2.45, 2.75) is 18.8 Å². The largest absolute Gasteiger partial charge is 0.337 e. The summed E-state index contributed by atoms with van der Waals surface area (Å²) < 4.78 is 0. The highest BCUT2D eigenvalue weighted by atomic mass is 16.2. The molecule has 5 heteroatoms. The van der Waals surface area contributed by atoms with Crippen molar-refractivity contribution < 1.29 is 4.79 Å². The van der Waals surface area contributed by atoms with E-state index in [4.69, 9.17) is 0 Å². The number of hydrogen-bond donors (Lipinski definition) is 1. The molecule has 2 aromatic heterocycles. The molecule has 0 radical (unpaired) electrons. The highest BCUT2D eigenvalue weighted by Crippen LogP contribution is 2.29. The maximum Gasteiger partial charge on any atom is 0.272 e. The van der Waals surface area contributed by atoms with Crippen LogP contribution in [0.4, 0.5) is 0 Å². The van der Waals surface area contributed by atoms with E-state index in [-0.39, 0.29) is 5.91 Å². The Bertz CT molecular complexity index is 836. The van der Waals surface area contributed by atoms with E-state index in [0.29, 0.717) is 11.6 Å². The summed E-state index contributed by atoms with van der Waals surface area (Å²) in [4.78, 5) is 18.5. The summed E-state index contributed by atoms with van der Waals surface area (Å²) in [7, 11) is 0. The minimum absolute atomic E-state index is 0.0219. The molecule has 0 spiro atoms. The topological polar surface area (TPSA) is 61.9 Å². The predicted octanol–water partition coefficient (Wildman–Crippen LogP) is 3.49. The van der Waals surface area contributed by atoms with Crippen molar-refractivity contribution in [2.75, 3.05) is 13.1 Å². The maximum atomic E-state index is 12.5. The Morgan fingerprint density at radius 2 is 1.80 bits per heavy atom. The monoisotopic (exact) mass is 332 g/mol. The lowest BCUT2D eigenvalue weighted by molar-refractivity contribution is 0.0706. The maximum absolute atomic E-state index is 12.5. The molecule has 5 nitrogen and oxygen atoms in total. The summed E-state index contributed by atoms with van der Waals surface area (Å²) in [6.45, 7) is 1.50. The van der Waals surface area contributed by atoms with Gasteiger partial charge in [0.25, 0.3) is 5.91 Å². The first-order valence-corrected chi connectivity index (χ1v) is 8.62. The van der Waals surface area contributed by atoms with Gasteiger partial charge in [0.2, 0.25) is 0 Å². The van der Waals surface area contributed by atoms with E-state index in [0.717, 1.165) is 42.9 Å². The number of hydrogen-bond acceptors (Lipinski definition) is 3. The van der Waals surface area contributed by atoms with E-state index in [9.17, 15) is 4.79 Å². The number of benzene rings is 1. The second kappa shape index (κ2) is 6.89. The molecule has 1 N–H and O–H groups in total. The van der Waals surface area contributed by atoms with Crippen LogP contribution in [0.2, 0.25) is 0 Å². The number of amides is 1. The zero-order chi connectivity index (χ0) is 17.1. The average Bonchev–Trinajstić information content (AvgIpc) is 3.19. The Labute approximate surface area is 146 Å². The van der Waals surface area contributed by atoms with Gasteiger partial charge in [-0.1, -0.05) is 36.4 Å². The standard InChI is InChI=1S/C20H20N4O/c25-20(17-8-4-5-11-21-17)24-12-9-16(10-13-24)19-14-18(22-23-19)15-6-2-1-3-7-15/h1-8,11,14,16H,9-10,12-13H2,(H,22,23). The van der Waals surface area contributed by atoms with Crippen molar-refractivity contribution in [3.05, 3.63) is 72.2 Å². The Morgan fingerprint density at radius 3 is 2.52 bits per heavy atom. The summed E-state index contributed by atoms with van der Waals surface area (Å²) in [5.74, 6) is 0.436. The molecule has 0 unspecified atom stereocenters. The van der Waals surface area contributed by atoms with Crippen LogP contribution in [0.25, 0.3) is 11.3 Å². The van der Waals surface area contributed by atoms with Gasteiger partial charge in [-0.25, -0.2) is 0 Å². The summed E-state index contributed by atoms with van der Waals surface area (Å²) >= 11 is 0. The van der Waals surface area contributed by atoms with Crippen molar-refractivity contribution in [2.24, 2.45) is 0 Å². The van der Waals surface area contributed by atoms with Gasteiger partial charge in [-0.05, 0) is 31.0 Å². The number of piperidine rings is 1. The predicted molar refractivity (Wildman–Crippen MR) is 96.1 cm³/mol. The molecule has 126 valence electrons. The molecule has 0 atom stereocenters. The number of nitrogens with one attached hydrogen (secondary N) is 1. The quantitative estimate of drug-likeness (QED) is 0.798. The second-order valence-electron chi connectivity index (χ2n) is 6.36. The third-order valence-electron chi connectivity index (χ3n) is 4.77. The lowest BCUT2D eigenvalue weighted by atomic mass is 9.93. The highest BCUT2D eigenvalue weighted by molar-refractivity contribution is 5.92. The van der Waals surface area contributed by atoms with E-state index in [1.807, 2.05) is 35.2 Å². The molecule has 1 saturated heterocycles. The molecule has 0 saturated carbocycles. The lowest BCUT2D eigenvalue weighted by Crippen LogP contribution is -2.38. The zero-order valence-electron chi connectivity index (χ0n) is 13.9. The zero-order valence-corrected chi connectivity index (χ0v) is 13.9. The summed E-state index contributed by atoms with van der Waals surface area (Å²) in [5.41, 5.74) is 3.77. The molecular formula is C20H20N4O. The van der Waals surface area contributed by atoms with Crippen molar-refractivity contribution in [1.82, 2.24) is 20.1 Å². The number of carbonyl (C=O) groups is 1. The molecule has 0 aliphatic carbocycles. The van der Waals surface area contributed by atoms with E-state index < -0.39 is 0 Å². The minimum atomic E-state index is 0.0219. The van der Waals surface area contributed by atoms with Crippen LogP contribution in [0.5, 0.6) is 0 Å². The lowest BCUT2D eigenvalue weighted by Gasteiger charge is -2.31. The molecule has 1 aromatic carbocycles. The number of rotatable bonds is 3. The molecule has 1 aliphatic rings. The van der Waals surface area contributed by atoms with Gasteiger partial charge in [-0.15, -0.1) is 0 Å². The Kier molecular flexibility index (Phi) is 4.29. The number of nitrogens with zero attached hydrogens (tertiary/aromatic N) is 3. The van der Waals surface area contributed by atoms with Crippen LogP contribution in [0.3, 0.4) is 0 Å². The normalized spacial score (nSPS) is 15.3. The van der Waals surface area contributed by atoms with Gasteiger partial charge in [0.15, 0.2) is 0 Å². The van der Waals surface area contributed by atoms with Crippen LogP contribution in [0, 0.1) is 0 Å². The molecule has 3 aromatic rings. The average molecular weight is 332 g/mol. The van der Waals surface area contributed by atoms with Crippen molar-refractivity contribution in [3.63, 3.8) is 0 Å². The fourth-order valence-corrected chi connectivity index (χ4v) is 3.35. The molecule has 1 aliphatic heterocycles. The molecule has 0 bridgehead atoms. The second-order valence-corrected chi connectivity index (χ2v) is 6.36. The molecular weight excluding hydrogens is 312 g/mol. The smallest absolute Gasteiger partial charge is 0.272 e. The van der Waals surface area contributed by atoms with Crippen molar-refractivity contribution >= 4 is 5.91 Å². The van der Waals surface area contributed by atoms with Gasteiger partial charge in [0, 0.05) is 36.5 Å². The van der Waals surface area contributed by atoms with Gasteiger partial charge in [0.1, 0.15) is 5.69 Å². The van der Waals surface area contributed by atoms with Crippen LogP contribution < -0.4 is 0 Å². The summed E-state index contributed by atoms with van der Waals surface area (Å²) in [6.07, 6.45) is 3.54.